The zero-order chi connectivity index (χ0) is 15.2. The lowest BCUT2D eigenvalue weighted by Gasteiger charge is -2.23. The van der Waals surface area contributed by atoms with Crippen molar-refractivity contribution in [2.75, 3.05) is 0 Å². The second-order valence-electron chi connectivity index (χ2n) is 5.56. The van der Waals surface area contributed by atoms with Crippen molar-refractivity contribution in [2.45, 2.75) is 44.6 Å². The topological polar surface area (TPSA) is 66.4 Å². The molecule has 2 N–H and O–H groups in total. The summed E-state index contributed by atoms with van der Waals surface area (Å²) in [5.41, 5.74) is 0.843. The van der Waals surface area contributed by atoms with E-state index in [1.165, 1.54) is 0 Å². The van der Waals surface area contributed by atoms with Crippen molar-refractivity contribution in [1.82, 2.24) is 5.32 Å². The molecule has 1 unspecified atom stereocenters. The van der Waals surface area contributed by atoms with Gasteiger partial charge in [-0.2, -0.15) is 0 Å². The molecule has 1 aromatic rings. The molecule has 0 saturated heterocycles. The van der Waals surface area contributed by atoms with Gasteiger partial charge in [0.2, 0.25) is 5.91 Å². The highest BCUT2D eigenvalue weighted by Gasteiger charge is 2.26. The smallest absolute Gasteiger partial charge is 0.326 e. The Morgan fingerprint density at radius 3 is 2.38 bits per heavy atom. The van der Waals surface area contributed by atoms with Crippen LogP contribution in [0.1, 0.15) is 37.7 Å². The van der Waals surface area contributed by atoms with Gasteiger partial charge in [-0.3, -0.25) is 4.79 Å². The van der Waals surface area contributed by atoms with Crippen molar-refractivity contribution in [3.8, 4) is 0 Å². The van der Waals surface area contributed by atoms with Crippen LogP contribution in [0.4, 0.5) is 0 Å². The summed E-state index contributed by atoms with van der Waals surface area (Å²) in [6.45, 7) is 0. The highest BCUT2D eigenvalue weighted by Crippen LogP contribution is 2.23. The number of aliphatic carboxylic acids is 1. The van der Waals surface area contributed by atoms with E-state index in [4.69, 9.17) is 11.6 Å². The van der Waals surface area contributed by atoms with Gasteiger partial charge in [0.1, 0.15) is 6.04 Å². The van der Waals surface area contributed by atoms with Crippen LogP contribution in [0.3, 0.4) is 0 Å². The summed E-state index contributed by atoms with van der Waals surface area (Å²) in [6.07, 6.45) is 5.25. The molecule has 1 aliphatic rings. The summed E-state index contributed by atoms with van der Waals surface area (Å²) >= 11 is 5.81. The molecular formula is C16H20ClNO3. The molecule has 0 bridgehead atoms. The number of nitrogens with one attached hydrogen (secondary N) is 1. The number of amides is 1. The van der Waals surface area contributed by atoms with Gasteiger partial charge in [-0.25, -0.2) is 4.79 Å². The van der Waals surface area contributed by atoms with Crippen LogP contribution in [-0.2, 0) is 16.0 Å². The SMILES string of the molecule is O=C(NC(Cc1ccc(Cl)cc1)C(=O)O)C1CCCCC1. The Morgan fingerprint density at radius 2 is 1.81 bits per heavy atom. The highest BCUT2D eigenvalue weighted by atomic mass is 35.5. The number of carboxylic acids is 1. The van der Waals surface area contributed by atoms with E-state index in [9.17, 15) is 14.7 Å². The molecule has 1 atom stereocenters. The van der Waals surface area contributed by atoms with Gasteiger partial charge in [0.25, 0.3) is 0 Å². The molecule has 114 valence electrons. The number of benzene rings is 1. The van der Waals surface area contributed by atoms with Crippen LogP contribution in [0.5, 0.6) is 0 Å². The van der Waals surface area contributed by atoms with Gasteiger partial charge in [-0.15, -0.1) is 0 Å². The van der Waals surface area contributed by atoms with Crippen molar-refractivity contribution >= 4 is 23.5 Å². The van der Waals surface area contributed by atoms with Crippen LogP contribution in [0, 0.1) is 5.92 Å². The average molecular weight is 310 g/mol. The quantitative estimate of drug-likeness (QED) is 0.878. The number of hydrogen-bond acceptors (Lipinski definition) is 2. The number of carbonyl (C=O) groups excluding carboxylic acids is 1. The molecule has 5 heteroatoms. The average Bonchev–Trinajstić information content (AvgIpc) is 2.49. The fourth-order valence-electron chi connectivity index (χ4n) is 2.71. The third-order valence-electron chi connectivity index (χ3n) is 3.94. The predicted octanol–water partition coefficient (Wildman–Crippen LogP) is 3.03. The Kier molecular flexibility index (Phi) is 5.62. The molecular weight excluding hydrogens is 290 g/mol. The Balaban J connectivity index is 1.96. The van der Waals surface area contributed by atoms with Crippen LogP contribution in [0.2, 0.25) is 5.02 Å². The standard InChI is InChI=1S/C16H20ClNO3/c17-13-8-6-11(7-9-13)10-14(16(20)21)18-15(19)12-4-2-1-3-5-12/h6-9,12,14H,1-5,10H2,(H,18,19)(H,20,21). The first-order valence-corrected chi connectivity index (χ1v) is 7.71. The summed E-state index contributed by atoms with van der Waals surface area (Å²) < 4.78 is 0. The van der Waals surface area contributed by atoms with Gasteiger partial charge in [-0.1, -0.05) is 43.0 Å². The van der Waals surface area contributed by atoms with Crippen molar-refractivity contribution < 1.29 is 14.7 Å². The first kappa shape index (κ1) is 15.8. The van der Waals surface area contributed by atoms with Crippen LogP contribution >= 0.6 is 11.6 Å². The highest BCUT2D eigenvalue weighted by molar-refractivity contribution is 6.30. The number of halogens is 1. The van der Waals surface area contributed by atoms with Crippen LogP contribution < -0.4 is 5.32 Å². The summed E-state index contributed by atoms with van der Waals surface area (Å²) in [5, 5.41) is 12.6. The molecule has 2 rings (SSSR count). The van der Waals surface area contributed by atoms with Crippen LogP contribution in [0.25, 0.3) is 0 Å². The molecule has 1 aliphatic carbocycles. The van der Waals surface area contributed by atoms with Crippen LogP contribution in [0.15, 0.2) is 24.3 Å². The normalized spacial score (nSPS) is 17.2. The minimum Gasteiger partial charge on any atom is -0.480 e. The zero-order valence-corrected chi connectivity index (χ0v) is 12.6. The molecule has 1 amide bonds. The van der Waals surface area contributed by atoms with E-state index < -0.39 is 12.0 Å². The number of rotatable bonds is 5. The first-order valence-electron chi connectivity index (χ1n) is 7.34. The molecule has 0 aliphatic heterocycles. The molecule has 0 radical (unpaired) electrons. The maximum absolute atomic E-state index is 12.2. The lowest BCUT2D eigenvalue weighted by Crippen LogP contribution is -2.45. The van der Waals surface area contributed by atoms with E-state index in [0.717, 1.165) is 37.7 Å². The lowest BCUT2D eigenvalue weighted by molar-refractivity contribution is -0.142. The Bertz CT molecular complexity index is 495. The van der Waals surface area contributed by atoms with E-state index in [-0.39, 0.29) is 18.2 Å². The van der Waals surface area contributed by atoms with E-state index in [2.05, 4.69) is 5.32 Å². The third-order valence-corrected chi connectivity index (χ3v) is 4.20. The Morgan fingerprint density at radius 1 is 1.19 bits per heavy atom. The van der Waals surface area contributed by atoms with E-state index in [1.807, 2.05) is 0 Å². The van der Waals surface area contributed by atoms with Gasteiger partial charge in [0.05, 0.1) is 0 Å². The largest absolute Gasteiger partial charge is 0.480 e. The first-order chi connectivity index (χ1) is 10.1. The van der Waals surface area contributed by atoms with Crippen molar-refractivity contribution in [1.29, 1.82) is 0 Å². The fraction of sp³-hybridized carbons (Fsp3) is 0.500. The van der Waals surface area contributed by atoms with Gasteiger partial charge >= 0.3 is 5.97 Å². The van der Waals surface area contributed by atoms with Crippen LogP contribution in [-0.4, -0.2) is 23.0 Å². The summed E-state index contributed by atoms with van der Waals surface area (Å²) in [7, 11) is 0. The van der Waals surface area contributed by atoms with Gasteiger partial charge in [0.15, 0.2) is 0 Å². The van der Waals surface area contributed by atoms with Gasteiger partial charge in [0, 0.05) is 17.4 Å². The predicted molar refractivity (Wildman–Crippen MR) is 81.3 cm³/mol. The second kappa shape index (κ2) is 7.46. The minimum absolute atomic E-state index is 0.0363. The third kappa shape index (κ3) is 4.74. The van der Waals surface area contributed by atoms with Crippen molar-refractivity contribution in [3.05, 3.63) is 34.9 Å². The fourth-order valence-corrected chi connectivity index (χ4v) is 2.84. The van der Waals surface area contributed by atoms with Crippen molar-refractivity contribution in [3.63, 3.8) is 0 Å². The summed E-state index contributed by atoms with van der Waals surface area (Å²) in [4.78, 5) is 23.5. The molecule has 21 heavy (non-hydrogen) atoms. The van der Waals surface area contributed by atoms with Gasteiger partial charge in [-0.05, 0) is 30.5 Å². The minimum atomic E-state index is -1.01. The van der Waals surface area contributed by atoms with E-state index in [0.29, 0.717) is 5.02 Å². The Hall–Kier alpha value is -1.55. The Labute approximate surface area is 129 Å². The number of hydrogen-bond donors (Lipinski definition) is 2. The lowest BCUT2D eigenvalue weighted by atomic mass is 9.88. The molecule has 1 saturated carbocycles. The molecule has 0 heterocycles. The monoisotopic (exact) mass is 309 g/mol. The van der Waals surface area contributed by atoms with Crippen molar-refractivity contribution in [2.24, 2.45) is 5.92 Å². The van der Waals surface area contributed by atoms with Gasteiger partial charge < -0.3 is 10.4 Å². The molecule has 0 aromatic heterocycles. The summed E-state index contributed by atoms with van der Waals surface area (Å²) in [6, 6.07) is 6.12. The molecule has 4 nitrogen and oxygen atoms in total. The van der Waals surface area contributed by atoms with E-state index >= 15 is 0 Å². The molecule has 1 fully saturated rings. The maximum atomic E-state index is 12.2. The summed E-state index contributed by atoms with van der Waals surface area (Å²) in [5.74, 6) is -1.17. The number of carboxylic acid groups (broad SMARTS) is 1. The maximum Gasteiger partial charge on any atom is 0.326 e. The second-order valence-corrected chi connectivity index (χ2v) is 6.00. The molecule has 0 spiro atoms. The number of carbonyl (C=O) groups is 2. The van der Waals surface area contributed by atoms with E-state index in [1.54, 1.807) is 24.3 Å². The zero-order valence-electron chi connectivity index (χ0n) is 11.8. The molecule has 1 aromatic carbocycles.